The summed E-state index contributed by atoms with van der Waals surface area (Å²) in [6, 6.07) is 13.4. The topological polar surface area (TPSA) is 34.0 Å². The highest BCUT2D eigenvalue weighted by Gasteiger charge is 2.35. The van der Waals surface area contributed by atoms with Gasteiger partial charge in [0.15, 0.2) is 0 Å². The van der Waals surface area contributed by atoms with E-state index in [9.17, 15) is 13.2 Å². The van der Waals surface area contributed by atoms with Gasteiger partial charge in [0.1, 0.15) is 4.64 Å². The van der Waals surface area contributed by atoms with Crippen LogP contribution in [0.2, 0.25) is 0 Å². The number of alkyl halides is 3. The van der Waals surface area contributed by atoms with Gasteiger partial charge in [-0.05, 0) is 36.6 Å². The van der Waals surface area contributed by atoms with Crippen LogP contribution in [0.25, 0.3) is 10.9 Å². The number of rotatable bonds is 5. The second kappa shape index (κ2) is 7.01. The Morgan fingerprint density at radius 2 is 1.78 bits per heavy atom. The molecule has 4 rings (SSSR count). The van der Waals surface area contributed by atoms with E-state index >= 15 is 0 Å². The molecule has 2 aromatic carbocycles. The fourth-order valence-corrected chi connectivity index (χ4v) is 3.44. The van der Waals surface area contributed by atoms with Gasteiger partial charge >= 0.3 is 6.18 Å². The first kappa shape index (κ1) is 18.1. The van der Waals surface area contributed by atoms with Crippen LogP contribution in [0.4, 0.5) is 13.2 Å². The third kappa shape index (κ3) is 3.86. The average molecular weight is 390 g/mol. The SMILES string of the molecule is FC(F)(F)c1ccccc1CN(Cn1nnc2ccccc2c1=S)C1CC1. The van der Waals surface area contributed by atoms with Crippen molar-refractivity contribution in [2.45, 2.75) is 38.3 Å². The molecule has 4 nitrogen and oxygen atoms in total. The van der Waals surface area contributed by atoms with Gasteiger partial charge in [0.05, 0.1) is 17.7 Å². The van der Waals surface area contributed by atoms with Crippen molar-refractivity contribution in [3.63, 3.8) is 0 Å². The standard InChI is InChI=1S/C19H17F3N4S/c20-19(21,22)16-7-3-1-5-13(16)11-25(14-9-10-14)12-26-18(27)15-6-2-4-8-17(15)23-24-26/h1-8,14H,9-12H2. The Kier molecular flexibility index (Phi) is 4.69. The summed E-state index contributed by atoms with van der Waals surface area (Å²) >= 11 is 5.52. The number of halogens is 3. The molecule has 27 heavy (non-hydrogen) atoms. The maximum absolute atomic E-state index is 13.3. The van der Waals surface area contributed by atoms with Crippen LogP contribution in [0.15, 0.2) is 48.5 Å². The van der Waals surface area contributed by atoms with Gasteiger partial charge < -0.3 is 0 Å². The van der Waals surface area contributed by atoms with E-state index in [1.54, 1.807) is 10.7 Å². The maximum atomic E-state index is 13.3. The maximum Gasteiger partial charge on any atom is 0.416 e. The fourth-order valence-electron chi connectivity index (χ4n) is 3.18. The molecule has 3 aromatic rings. The van der Waals surface area contributed by atoms with E-state index in [4.69, 9.17) is 12.2 Å². The Morgan fingerprint density at radius 1 is 1.07 bits per heavy atom. The highest BCUT2D eigenvalue weighted by molar-refractivity contribution is 7.71. The van der Waals surface area contributed by atoms with Gasteiger partial charge in [-0.15, -0.1) is 5.10 Å². The minimum atomic E-state index is -4.37. The first-order valence-corrected chi connectivity index (χ1v) is 9.06. The number of fused-ring (bicyclic) bond motifs is 1. The third-order valence-electron chi connectivity index (χ3n) is 4.70. The van der Waals surface area contributed by atoms with Crippen LogP contribution in [-0.4, -0.2) is 25.9 Å². The average Bonchev–Trinajstić information content (AvgIpc) is 3.48. The number of benzene rings is 2. The third-order valence-corrected chi connectivity index (χ3v) is 5.14. The molecule has 0 radical (unpaired) electrons. The lowest BCUT2D eigenvalue weighted by atomic mass is 10.1. The Bertz CT molecular complexity index is 1030. The zero-order chi connectivity index (χ0) is 19.0. The van der Waals surface area contributed by atoms with Crippen molar-refractivity contribution in [2.75, 3.05) is 0 Å². The molecule has 1 aliphatic rings. The van der Waals surface area contributed by atoms with E-state index in [1.807, 2.05) is 29.2 Å². The second-order valence-electron chi connectivity index (χ2n) is 6.69. The van der Waals surface area contributed by atoms with Gasteiger partial charge in [0.2, 0.25) is 0 Å². The van der Waals surface area contributed by atoms with Crippen molar-refractivity contribution in [3.05, 3.63) is 64.3 Å². The summed E-state index contributed by atoms with van der Waals surface area (Å²) in [6.45, 7) is 0.504. The smallest absolute Gasteiger partial charge is 0.277 e. The van der Waals surface area contributed by atoms with Gasteiger partial charge in [0.25, 0.3) is 0 Å². The Morgan fingerprint density at radius 3 is 2.52 bits per heavy atom. The molecule has 1 heterocycles. The van der Waals surface area contributed by atoms with Gasteiger partial charge in [-0.25, -0.2) is 4.68 Å². The molecule has 0 N–H and O–H groups in total. The van der Waals surface area contributed by atoms with Crippen molar-refractivity contribution in [2.24, 2.45) is 0 Å². The largest absolute Gasteiger partial charge is 0.416 e. The van der Waals surface area contributed by atoms with E-state index in [2.05, 4.69) is 10.3 Å². The van der Waals surface area contributed by atoms with Crippen LogP contribution in [-0.2, 0) is 19.4 Å². The van der Waals surface area contributed by atoms with Gasteiger partial charge in [-0.1, -0.05) is 47.8 Å². The Hall–Kier alpha value is -2.32. The summed E-state index contributed by atoms with van der Waals surface area (Å²) in [5.41, 5.74) is 0.375. The molecule has 0 bridgehead atoms. The molecule has 0 aliphatic heterocycles. The lowest BCUT2D eigenvalue weighted by Gasteiger charge is -2.24. The van der Waals surface area contributed by atoms with Crippen molar-refractivity contribution in [3.8, 4) is 0 Å². The summed E-state index contributed by atoms with van der Waals surface area (Å²) in [5.74, 6) is 0. The van der Waals surface area contributed by atoms with E-state index < -0.39 is 11.7 Å². The first-order chi connectivity index (χ1) is 12.9. The first-order valence-electron chi connectivity index (χ1n) is 8.65. The lowest BCUT2D eigenvalue weighted by molar-refractivity contribution is -0.138. The molecule has 0 amide bonds. The molecule has 0 unspecified atom stereocenters. The Balaban J connectivity index is 1.64. The van der Waals surface area contributed by atoms with E-state index in [0.717, 1.165) is 24.3 Å². The van der Waals surface area contributed by atoms with E-state index in [1.165, 1.54) is 12.1 Å². The van der Waals surface area contributed by atoms with Crippen LogP contribution >= 0.6 is 12.2 Å². The van der Waals surface area contributed by atoms with Crippen LogP contribution in [0, 0.1) is 4.64 Å². The van der Waals surface area contributed by atoms with Gasteiger partial charge in [0, 0.05) is 18.0 Å². The second-order valence-corrected chi connectivity index (χ2v) is 7.07. The van der Waals surface area contributed by atoms with Crippen molar-refractivity contribution >= 4 is 23.1 Å². The van der Waals surface area contributed by atoms with Crippen LogP contribution in [0.5, 0.6) is 0 Å². The molecule has 0 spiro atoms. The van der Waals surface area contributed by atoms with E-state index in [0.29, 0.717) is 16.8 Å². The van der Waals surface area contributed by atoms with Crippen LogP contribution in [0.3, 0.4) is 0 Å². The van der Waals surface area contributed by atoms with Crippen molar-refractivity contribution in [1.82, 2.24) is 19.9 Å². The highest BCUT2D eigenvalue weighted by atomic mass is 32.1. The predicted molar refractivity (Wildman–Crippen MR) is 98.4 cm³/mol. The number of aromatic nitrogens is 3. The molecular formula is C19H17F3N4S. The Labute approximate surface area is 159 Å². The molecule has 1 fully saturated rings. The fraction of sp³-hybridized carbons (Fsp3) is 0.316. The summed E-state index contributed by atoms with van der Waals surface area (Å²) in [4.78, 5) is 1.99. The molecule has 0 atom stereocenters. The number of hydrogen-bond acceptors (Lipinski definition) is 4. The van der Waals surface area contributed by atoms with Crippen molar-refractivity contribution < 1.29 is 13.2 Å². The zero-order valence-electron chi connectivity index (χ0n) is 14.4. The molecule has 140 valence electrons. The molecule has 1 saturated carbocycles. The zero-order valence-corrected chi connectivity index (χ0v) is 15.2. The van der Waals surface area contributed by atoms with Crippen LogP contribution in [0.1, 0.15) is 24.0 Å². The normalized spacial score (nSPS) is 14.8. The minimum Gasteiger partial charge on any atom is -0.277 e. The quantitative estimate of drug-likeness (QED) is 0.586. The molecule has 1 aromatic heterocycles. The van der Waals surface area contributed by atoms with Crippen molar-refractivity contribution in [1.29, 1.82) is 0 Å². The molecule has 1 aliphatic carbocycles. The van der Waals surface area contributed by atoms with E-state index in [-0.39, 0.29) is 18.2 Å². The monoisotopic (exact) mass is 390 g/mol. The molecule has 0 saturated heterocycles. The molecule has 8 heteroatoms. The minimum absolute atomic E-state index is 0.191. The molecular weight excluding hydrogens is 373 g/mol. The van der Waals surface area contributed by atoms with Crippen LogP contribution < -0.4 is 0 Å². The number of nitrogens with zero attached hydrogens (tertiary/aromatic N) is 4. The number of hydrogen-bond donors (Lipinski definition) is 0. The summed E-state index contributed by atoms with van der Waals surface area (Å²) in [6.07, 6.45) is -2.45. The van der Waals surface area contributed by atoms with Gasteiger partial charge in [-0.2, -0.15) is 13.2 Å². The van der Waals surface area contributed by atoms with Gasteiger partial charge in [-0.3, -0.25) is 4.90 Å². The summed E-state index contributed by atoms with van der Waals surface area (Å²) in [7, 11) is 0. The predicted octanol–water partition coefficient (Wildman–Crippen LogP) is 4.80. The highest BCUT2D eigenvalue weighted by Crippen LogP contribution is 2.35. The lowest BCUT2D eigenvalue weighted by Crippen LogP contribution is -2.30. The summed E-state index contributed by atoms with van der Waals surface area (Å²) in [5, 5.41) is 9.16. The summed E-state index contributed by atoms with van der Waals surface area (Å²) < 4.78 is 42.1.